The first-order valence-corrected chi connectivity index (χ1v) is 9.37. The molecule has 28 heavy (non-hydrogen) atoms. The van der Waals surface area contributed by atoms with Gasteiger partial charge >= 0.3 is 0 Å². The van der Waals surface area contributed by atoms with Crippen molar-refractivity contribution in [1.29, 1.82) is 0 Å². The molecule has 8 nitrogen and oxygen atoms in total. The Bertz CT molecular complexity index is 1020. The molecule has 144 valence electrons. The van der Waals surface area contributed by atoms with E-state index in [4.69, 9.17) is 0 Å². The molecule has 0 bridgehead atoms. The highest BCUT2D eigenvalue weighted by Crippen LogP contribution is 2.22. The van der Waals surface area contributed by atoms with E-state index in [0.29, 0.717) is 31.6 Å². The van der Waals surface area contributed by atoms with Crippen molar-refractivity contribution in [3.63, 3.8) is 0 Å². The Morgan fingerprint density at radius 3 is 2.43 bits per heavy atom. The summed E-state index contributed by atoms with van der Waals surface area (Å²) in [7, 11) is 0. The fraction of sp³-hybridized carbons (Fsp3) is 0.350. The quantitative estimate of drug-likeness (QED) is 0.755. The lowest BCUT2D eigenvalue weighted by Crippen LogP contribution is -2.40. The number of hydrogen-bond donors (Lipinski definition) is 1. The van der Waals surface area contributed by atoms with E-state index in [0.717, 1.165) is 22.8 Å². The van der Waals surface area contributed by atoms with Gasteiger partial charge < -0.3 is 10.2 Å². The van der Waals surface area contributed by atoms with Crippen molar-refractivity contribution in [2.24, 2.45) is 5.92 Å². The molecule has 3 aromatic rings. The monoisotopic (exact) mass is 378 g/mol. The van der Waals surface area contributed by atoms with Crippen molar-refractivity contribution in [2.75, 3.05) is 18.4 Å². The van der Waals surface area contributed by atoms with Gasteiger partial charge in [0.25, 0.3) is 0 Å². The highest BCUT2D eigenvalue weighted by atomic mass is 16.2. The molecule has 1 saturated heterocycles. The average molecular weight is 378 g/mol. The summed E-state index contributed by atoms with van der Waals surface area (Å²) in [5.74, 6) is 0.756. The number of nitrogens with one attached hydrogen (secondary N) is 1. The third kappa shape index (κ3) is 3.58. The predicted molar refractivity (Wildman–Crippen MR) is 105 cm³/mol. The van der Waals surface area contributed by atoms with Gasteiger partial charge in [-0.25, -0.2) is 0 Å². The van der Waals surface area contributed by atoms with Gasteiger partial charge in [0, 0.05) is 37.2 Å². The third-order valence-corrected chi connectivity index (χ3v) is 5.18. The van der Waals surface area contributed by atoms with Crippen LogP contribution in [-0.4, -0.2) is 49.6 Å². The van der Waals surface area contributed by atoms with E-state index in [2.05, 4.69) is 20.6 Å². The Labute approximate surface area is 162 Å². The minimum atomic E-state index is -0.0592. The molecular formula is C20H22N6O2. The van der Waals surface area contributed by atoms with E-state index < -0.39 is 0 Å². The molecule has 8 heteroatoms. The van der Waals surface area contributed by atoms with Crippen molar-refractivity contribution >= 4 is 23.1 Å². The fourth-order valence-electron chi connectivity index (χ4n) is 3.48. The number of aryl methyl sites for hydroxylation is 1. The van der Waals surface area contributed by atoms with Gasteiger partial charge in [0.2, 0.25) is 11.8 Å². The van der Waals surface area contributed by atoms with E-state index in [1.807, 2.05) is 43.3 Å². The largest absolute Gasteiger partial charge is 0.343 e. The maximum Gasteiger partial charge on any atom is 0.227 e. The molecule has 0 radical (unpaired) electrons. The molecule has 1 N–H and O–H groups in total. The van der Waals surface area contributed by atoms with Crippen LogP contribution in [0.15, 0.2) is 36.4 Å². The van der Waals surface area contributed by atoms with Gasteiger partial charge in [-0.05, 0) is 44.0 Å². The van der Waals surface area contributed by atoms with E-state index in [9.17, 15) is 9.59 Å². The van der Waals surface area contributed by atoms with Crippen LogP contribution in [0.3, 0.4) is 0 Å². The summed E-state index contributed by atoms with van der Waals surface area (Å²) in [6.45, 7) is 4.71. The predicted octanol–water partition coefficient (Wildman–Crippen LogP) is 2.30. The van der Waals surface area contributed by atoms with Crippen LogP contribution in [0.4, 0.5) is 5.69 Å². The molecular weight excluding hydrogens is 356 g/mol. The number of fused-ring (bicyclic) bond motifs is 1. The summed E-state index contributed by atoms with van der Waals surface area (Å²) in [4.78, 5) is 25.7. The molecule has 0 unspecified atom stereocenters. The summed E-state index contributed by atoms with van der Waals surface area (Å²) >= 11 is 0. The molecule has 0 aliphatic carbocycles. The highest BCUT2D eigenvalue weighted by Gasteiger charge is 2.26. The number of anilines is 1. The fourth-order valence-corrected chi connectivity index (χ4v) is 3.48. The number of nitrogens with zero attached hydrogens (tertiary/aromatic N) is 5. The Morgan fingerprint density at radius 2 is 1.75 bits per heavy atom. The minimum absolute atomic E-state index is 0.00983. The number of amides is 2. The number of carbonyl (C=O) groups is 2. The number of piperidine rings is 1. The van der Waals surface area contributed by atoms with Crippen LogP contribution < -0.4 is 5.32 Å². The number of hydrogen-bond acceptors (Lipinski definition) is 5. The summed E-state index contributed by atoms with van der Waals surface area (Å²) in [6.07, 6.45) is 1.40. The summed E-state index contributed by atoms with van der Waals surface area (Å²) in [5.41, 5.74) is 3.22. The molecule has 0 spiro atoms. The second-order valence-electron chi connectivity index (χ2n) is 7.08. The zero-order valence-electron chi connectivity index (χ0n) is 15.9. The summed E-state index contributed by atoms with van der Waals surface area (Å²) in [6, 6.07) is 11.4. The van der Waals surface area contributed by atoms with E-state index in [1.165, 1.54) is 0 Å². The zero-order valence-corrected chi connectivity index (χ0v) is 15.9. The Balaban J connectivity index is 1.42. The molecule has 0 saturated carbocycles. The molecule has 0 atom stereocenters. The molecule has 1 aliphatic heterocycles. The standard InChI is InChI=1S/C20H22N6O2/c1-13-22-23-19-8-7-18(24-26(13)19)15-3-5-17(6-4-15)21-20(28)16-9-11-25(12-10-16)14(2)27/h3-8,16H,9-12H2,1-2H3,(H,21,28). The molecule has 1 aromatic carbocycles. The van der Waals surface area contributed by atoms with E-state index in [1.54, 1.807) is 16.3 Å². The van der Waals surface area contributed by atoms with Crippen LogP contribution in [0.25, 0.3) is 16.9 Å². The van der Waals surface area contributed by atoms with E-state index >= 15 is 0 Å². The first kappa shape index (κ1) is 18.1. The summed E-state index contributed by atoms with van der Waals surface area (Å²) in [5, 5.41) is 15.6. The van der Waals surface area contributed by atoms with Crippen molar-refractivity contribution in [3.8, 4) is 11.3 Å². The van der Waals surface area contributed by atoms with Crippen molar-refractivity contribution in [1.82, 2.24) is 24.7 Å². The minimum Gasteiger partial charge on any atom is -0.343 e. The van der Waals surface area contributed by atoms with Crippen molar-refractivity contribution in [2.45, 2.75) is 26.7 Å². The summed E-state index contributed by atoms with van der Waals surface area (Å²) < 4.78 is 1.71. The third-order valence-electron chi connectivity index (χ3n) is 5.18. The number of rotatable bonds is 3. The molecule has 2 amide bonds. The Kier molecular flexibility index (Phi) is 4.77. The van der Waals surface area contributed by atoms with Crippen LogP contribution in [0.5, 0.6) is 0 Å². The van der Waals surface area contributed by atoms with Crippen LogP contribution in [-0.2, 0) is 9.59 Å². The van der Waals surface area contributed by atoms with Gasteiger partial charge in [-0.15, -0.1) is 10.2 Å². The number of benzene rings is 1. The van der Waals surface area contributed by atoms with Crippen molar-refractivity contribution < 1.29 is 9.59 Å². The van der Waals surface area contributed by atoms with Gasteiger partial charge in [-0.2, -0.15) is 9.61 Å². The van der Waals surface area contributed by atoms with Gasteiger partial charge in [0.05, 0.1) is 5.69 Å². The second-order valence-corrected chi connectivity index (χ2v) is 7.08. The first-order valence-electron chi connectivity index (χ1n) is 9.37. The Morgan fingerprint density at radius 1 is 1.04 bits per heavy atom. The lowest BCUT2D eigenvalue weighted by Gasteiger charge is -2.30. The van der Waals surface area contributed by atoms with Crippen molar-refractivity contribution in [3.05, 3.63) is 42.2 Å². The maximum absolute atomic E-state index is 12.5. The van der Waals surface area contributed by atoms with Crippen LogP contribution >= 0.6 is 0 Å². The van der Waals surface area contributed by atoms with Gasteiger partial charge in [0.1, 0.15) is 0 Å². The number of likely N-dealkylation sites (tertiary alicyclic amines) is 1. The van der Waals surface area contributed by atoms with Crippen LogP contribution in [0.2, 0.25) is 0 Å². The molecule has 1 aliphatic rings. The second kappa shape index (κ2) is 7.38. The van der Waals surface area contributed by atoms with Crippen LogP contribution in [0.1, 0.15) is 25.6 Å². The van der Waals surface area contributed by atoms with Crippen LogP contribution in [0, 0.1) is 12.8 Å². The molecule has 1 fully saturated rings. The topological polar surface area (TPSA) is 92.5 Å². The van der Waals surface area contributed by atoms with Gasteiger partial charge in [0.15, 0.2) is 11.5 Å². The molecule has 2 aromatic heterocycles. The maximum atomic E-state index is 12.5. The van der Waals surface area contributed by atoms with Gasteiger partial charge in [-0.1, -0.05) is 12.1 Å². The SMILES string of the molecule is CC(=O)N1CCC(C(=O)Nc2ccc(-c3ccc4nnc(C)n4n3)cc2)CC1. The average Bonchev–Trinajstić information content (AvgIpc) is 3.09. The number of carbonyl (C=O) groups excluding carboxylic acids is 2. The lowest BCUT2D eigenvalue weighted by atomic mass is 9.95. The lowest BCUT2D eigenvalue weighted by molar-refractivity contribution is -0.132. The normalized spacial score (nSPS) is 15.0. The highest BCUT2D eigenvalue weighted by molar-refractivity contribution is 5.93. The smallest absolute Gasteiger partial charge is 0.227 e. The Hall–Kier alpha value is -3.29. The molecule has 4 rings (SSSR count). The zero-order chi connectivity index (χ0) is 19.7. The first-order chi connectivity index (χ1) is 13.5. The molecule has 3 heterocycles. The number of aromatic nitrogens is 4. The van der Waals surface area contributed by atoms with Gasteiger partial charge in [-0.3, -0.25) is 9.59 Å². The van der Waals surface area contributed by atoms with E-state index in [-0.39, 0.29) is 17.7 Å².